The lowest BCUT2D eigenvalue weighted by Crippen LogP contribution is -2.06. The van der Waals surface area contributed by atoms with E-state index in [1.165, 1.54) is 6.07 Å². The molecule has 0 fully saturated rings. The lowest BCUT2D eigenvalue weighted by Gasteiger charge is -2.14. The van der Waals surface area contributed by atoms with Crippen molar-refractivity contribution in [3.8, 4) is 5.75 Å². The fraction of sp³-hybridized carbons (Fsp3) is 0.250. The number of imidazole rings is 1. The number of halogens is 3. The smallest absolute Gasteiger partial charge is 0.387 e. The zero-order valence-electron chi connectivity index (χ0n) is 9.32. The van der Waals surface area contributed by atoms with Gasteiger partial charge >= 0.3 is 6.61 Å². The second-order valence-corrected chi connectivity index (χ2v) is 4.15. The van der Waals surface area contributed by atoms with Gasteiger partial charge in [0.2, 0.25) is 0 Å². The van der Waals surface area contributed by atoms with E-state index in [0.717, 1.165) is 0 Å². The minimum Gasteiger partial charge on any atom is -0.434 e. The highest BCUT2D eigenvalue weighted by atomic mass is 35.5. The Hall–Kier alpha value is -1.62. The monoisotopic (exact) mass is 272 g/mol. The second-order valence-electron chi connectivity index (χ2n) is 3.62. The summed E-state index contributed by atoms with van der Waals surface area (Å²) in [6.07, 6.45) is 3.71. The number of alkyl halides is 3. The summed E-state index contributed by atoms with van der Waals surface area (Å²) in [6, 6.07) is 6.49. The van der Waals surface area contributed by atoms with Crippen molar-refractivity contribution < 1.29 is 13.5 Å². The Balaban J connectivity index is 2.16. The van der Waals surface area contributed by atoms with Gasteiger partial charge in [-0.1, -0.05) is 18.2 Å². The van der Waals surface area contributed by atoms with E-state index in [0.29, 0.717) is 17.8 Å². The number of hydrogen-bond acceptors (Lipinski definition) is 2. The number of H-pyrrole nitrogens is 1. The molecule has 0 aliphatic rings. The second kappa shape index (κ2) is 5.82. The maximum Gasteiger partial charge on any atom is 0.387 e. The number of aromatic amines is 1. The molecule has 1 aromatic heterocycles. The van der Waals surface area contributed by atoms with E-state index in [4.69, 9.17) is 11.6 Å². The summed E-state index contributed by atoms with van der Waals surface area (Å²) >= 11 is 6.20. The molecule has 1 atom stereocenters. The summed E-state index contributed by atoms with van der Waals surface area (Å²) in [7, 11) is 0. The molecule has 0 bridgehead atoms. The molecule has 1 N–H and O–H groups in total. The molecule has 96 valence electrons. The van der Waals surface area contributed by atoms with Gasteiger partial charge in [-0.2, -0.15) is 8.78 Å². The molecule has 2 rings (SSSR count). The summed E-state index contributed by atoms with van der Waals surface area (Å²) in [5, 5.41) is -0.480. The van der Waals surface area contributed by atoms with Crippen molar-refractivity contribution in [1.29, 1.82) is 0 Å². The van der Waals surface area contributed by atoms with Crippen molar-refractivity contribution in [2.45, 2.75) is 18.4 Å². The first kappa shape index (κ1) is 12.8. The van der Waals surface area contributed by atoms with Gasteiger partial charge < -0.3 is 9.72 Å². The Bertz CT molecular complexity index is 491. The van der Waals surface area contributed by atoms with E-state index in [2.05, 4.69) is 14.7 Å². The summed E-state index contributed by atoms with van der Waals surface area (Å²) in [5.74, 6) is 0.793. The number of nitrogens with zero attached hydrogens (tertiary/aromatic N) is 1. The highest BCUT2D eigenvalue weighted by Crippen LogP contribution is 2.32. The average molecular weight is 273 g/mol. The Morgan fingerprint density at radius 2 is 2.11 bits per heavy atom. The molecule has 1 aromatic carbocycles. The van der Waals surface area contributed by atoms with Crippen LogP contribution in [0.2, 0.25) is 0 Å². The van der Waals surface area contributed by atoms with E-state index < -0.39 is 12.0 Å². The van der Waals surface area contributed by atoms with Crippen molar-refractivity contribution in [2.75, 3.05) is 0 Å². The van der Waals surface area contributed by atoms with Crippen molar-refractivity contribution in [1.82, 2.24) is 9.97 Å². The van der Waals surface area contributed by atoms with Crippen molar-refractivity contribution >= 4 is 11.6 Å². The van der Waals surface area contributed by atoms with Gasteiger partial charge in [0.05, 0.1) is 5.38 Å². The van der Waals surface area contributed by atoms with Crippen LogP contribution in [0.1, 0.15) is 16.8 Å². The predicted molar refractivity (Wildman–Crippen MR) is 64.0 cm³/mol. The lowest BCUT2D eigenvalue weighted by atomic mass is 10.1. The zero-order chi connectivity index (χ0) is 13.0. The number of ether oxygens (including phenoxy) is 1. The van der Waals surface area contributed by atoms with Crippen LogP contribution in [-0.4, -0.2) is 16.6 Å². The number of benzene rings is 1. The molecule has 0 saturated carbocycles. The molecule has 0 amide bonds. The Morgan fingerprint density at radius 1 is 1.33 bits per heavy atom. The highest BCUT2D eigenvalue weighted by Gasteiger charge is 2.17. The highest BCUT2D eigenvalue weighted by molar-refractivity contribution is 6.21. The van der Waals surface area contributed by atoms with Gasteiger partial charge in [0.15, 0.2) is 0 Å². The van der Waals surface area contributed by atoms with Crippen LogP contribution < -0.4 is 4.74 Å². The molecule has 18 heavy (non-hydrogen) atoms. The summed E-state index contributed by atoms with van der Waals surface area (Å²) in [5.41, 5.74) is 0.524. The normalized spacial score (nSPS) is 12.7. The number of hydrogen-bond donors (Lipinski definition) is 1. The summed E-state index contributed by atoms with van der Waals surface area (Å²) in [4.78, 5) is 6.96. The van der Waals surface area contributed by atoms with Gasteiger partial charge in [-0.25, -0.2) is 4.98 Å². The molecular weight excluding hydrogens is 262 g/mol. The lowest BCUT2D eigenvalue weighted by molar-refractivity contribution is -0.0504. The quantitative estimate of drug-likeness (QED) is 0.846. The molecule has 3 nitrogen and oxygen atoms in total. The van der Waals surface area contributed by atoms with Crippen LogP contribution in [0, 0.1) is 0 Å². The third kappa shape index (κ3) is 3.20. The third-order valence-electron chi connectivity index (χ3n) is 2.40. The first-order valence-electron chi connectivity index (χ1n) is 5.33. The minimum atomic E-state index is -2.86. The molecular formula is C12H11ClF2N2O. The number of aromatic nitrogens is 2. The van der Waals surface area contributed by atoms with Crippen molar-refractivity contribution in [3.05, 3.63) is 48.0 Å². The van der Waals surface area contributed by atoms with Crippen LogP contribution in [0.5, 0.6) is 5.75 Å². The Labute approximate surface area is 108 Å². The third-order valence-corrected chi connectivity index (χ3v) is 2.79. The van der Waals surface area contributed by atoms with Crippen LogP contribution in [0.4, 0.5) is 8.78 Å². The molecule has 0 aliphatic carbocycles. The topological polar surface area (TPSA) is 37.9 Å². The van der Waals surface area contributed by atoms with Gasteiger partial charge in [-0.05, 0) is 6.07 Å². The van der Waals surface area contributed by atoms with Gasteiger partial charge in [0, 0.05) is 24.4 Å². The fourth-order valence-electron chi connectivity index (χ4n) is 1.63. The summed E-state index contributed by atoms with van der Waals surface area (Å²) in [6.45, 7) is -2.86. The molecule has 0 aliphatic heterocycles. The van der Waals surface area contributed by atoms with Crippen LogP contribution in [0.15, 0.2) is 36.7 Å². The molecule has 0 spiro atoms. The van der Waals surface area contributed by atoms with Gasteiger partial charge in [0.1, 0.15) is 11.6 Å². The maximum absolute atomic E-state index is 12.3. The van der Waals surface area contributed by atoms with Crippen molar-refractivity contribution in [2.24, 2.45) is 0 Å². The fourth-order valence-corrected chi connectivity index (χ4v) is 1.96. The van der Waals surface area contributed by atoms with Crippen molar-refractivity contribution in [3.63, 3.8) is 0 Å². The van der Waals surface area contributed by atoms with Gasteiger partial charge in [-0.3, -0.25) is 0 Å². The van der Waals surface area contributed by atoms with E-state index >= 15 is 0 Å². The van der Waals surface area contributed by atoms with Crippen LogP contribution >= 0.6 is 11.6 Å². The maximum atomic E-state index is 12.3. The largest absolute Gasteiger partial charge is 0.434 e. The molecule has 2 aromatic rings. The Kier molecular flexibility index (Phi) is 4.15. The van der Waals surface area contributed by atoms with E-state index in [9.17, 15) is 8.78 Å². The van der Waals surface area contributed by atoms with Gasteiger partial charge in [-0.15, -0.1) is 11.6 Å². The average Bonchev–Trinajstić information content (AvgIpc) is 2.81. The van der Waals surface area contributed by atoms with Gasteiger partial charge in [0.25, 0.3) is 0 Å². The molecule has 0 saturated heterocycles. The van der Waals surface area contributed by atoms with Crippen LogP contribution in [0.3, 0.4) is 0 Å². The number of para-hydroxylation sites is 1. The van der Waals surface area contributed by atoms with Crippen LogP contribution in [-0.2, 0) is 6.42 Å². The number of nitrogens with one attached hydrogen (secondary N) is 1. The predicted octanol–water partition coefficient (Wildman–Crippen LogP) is 3.53. The summed E-state index contributed by atoms with van der Waals surface area (Å²) < 4.78 is 29.0. The molecule has 0 radical (unpaired) electrons. The standard InChI is InChI=1S/C12H11ClF2N2O/c13-9(7-11-16-5-6-17-11)8-3-1-2-4-10(8)18-12(14)15/h1-6,9,12H,7H2,(H,16,17). The Morgan fingerprint density at radius 3 is 2.78 bits per heavy atom. The SMILES string of the molecule is FC(F)Oc1ccccc1C(Cl)Cc1ncc[nH]1. The zero-order valence-corrected chi connectivity index (χ0v) is 10.1. The molecule has 6 heteroatoms. The van der Waals surface area contributed by atoms with E-state index in [1.54, 1.807) is 30.6 Å². The molecule has 1 heterocycles. The first-order chi connectivity index (χ1) is 8.66. The number of rotatable bonds is 5. The minimum absolute atomic E-state index is 0.0963. The van der Waals surface area contributed by atoms with E-state index in [-0.39, 0.29) is 5.75 Å². The van der Waals surface area contributed by atoms with E-state index in [1.807, 2.05) is 0 Å². The first-order valence-corrected chi connectivity index (χ1v) is 5.76. The molecule has 1 unspecified atom stereocenters. The van der Waals surface area contributed by atoms with Crippen LogP contribution in [0.25, 0.3) is 0 Å².